The second-order valence-corrected chi connectivity index (χ2v) is 11.0. The summed E-state index contributed by atoms with van der Waals surface area (Å²) >= 11 is 5.85. The third kappa shape index (κ3) is 4.59. The van der Waals surface area contributed by atoms with Crippen LogP contribution in [0.15, 0.2) is 39.8 Å². The molecule has 34 heavy (non-hydrogen) atoms. The lowest BCUT2D eigenvalue weighted by Gasteiger charge is -2.10. The van der Waals surface area contributed by atoms with Gasteiger partial charge in [-0.15, -0.1) is 0 Å². The van der Waals surface area contributed by atoms with Gasteiger partial charge in [-0.1, -0.05) is 16.8 Å². The van der Waals surface area contributed by atoms with Crippen molar-refractivity contribution in [3.05, 3.63) is 57.7 Å². The summed E-state index contributed by atoms with van der Waals surface area (Å²) < 4.78 is 72.9. The van der Waals surface area contributed by atoms with Crippen molar-refractivity contribution in [2.45, 2.75) is 6.42 Å². The van der Waals surface area contributed by atoms with E-state index in [9.17, 15) is 26.0 Å². The lowest BCUT2D eigenvalue weighted by molar-refractivity contribution is 0.323. The number of nitrogens with zero attached hydrogens (tertiary/aromatic N) is 5. The van der Waals surface area contributed by atoms with Gasteiger partial charge < -0.3 is 0 Å². The van der Waals surface area contributed by atoms with Gasteiger partial charge in [-0.05, 0) is 24.3 Å². The fourth-order valence-corrected chi connectivity index (χ4v) is 4.86. The molecule has 0 N–H and O–H groups in total. The van der Waals surface area contributed by atoms with Gasteiger partial charge in [0.05, 0.1) is 35.4 Å². The highest BCUT2D eigenvalue weighted by Gasteiger charge is 2.26. The third-order valence-electron chi connectivity index (χ3n) is 4.54. The van der Waals surface area contributed by atoms with E-state index in [1.165, 1.54) is 24.4 Å². The van der Waals surface area contributed by atoms with Crippen molar-refractivity contribution in [2.24, 2.45) is 0 Å². The molecule has 4 aromatic rings. The van der Waals surface area contributed by atoms with Gasteiger partial charge >= 0.3 is 5.76 Å². The molecule has 1 aromatic carbocycles. The average Bonchev–Trinajstić information content (AvgIpc) is 3.29. The molecule has 3 aromatic heterocycles. The summed E-state index contributed by atoms with van der Waals surface area (Å²) in [5.74, 6) is -1.82. The predicted octanol–water partition coefficient (Wildman–Crippen LogP) is 1.36. The van der Waals surface area contributed by atoms with Gasteiger partial charge in [-0.3, -0.25) is 8.71 Å². The second-order valence-electron chi connectivity index (χ2n) is 7.07. The Kier molecular flexibility index (Phi) is 6.05. The van der Waals surface area contributed by atoms with E-state index in [2.05, 4.69) is 15.1 Å². The highest BCUT2D eigenvalue weighted by atomic mass is 35.5. The van der Waals surface area contributed by atoms with Crippen molar-refractivity contribution in [1.29, 1.82) is 0 Å². The Morgan fingerprint density at radius 2 is 1.91 bits per heavy atom. The zero-order valence-corrected chi connectivity index (χ0v) is 19.9. The summed E-state index contributed by atoms with van der Waals surface area (Å²) in [6, 6.07) is 4.88. The van der Waals surface area contributed by atoms with Gasteiger partial charge in [0, 0.05) is 12.6 Å². The van der Waals surface area contributed by atoms with Crippen LogP contribution in [-0.2, 0) is 30.7 Å². The highest BCUT2D eigenvalue weighted by molar-refractivity contribution is 7.89. The topological polar surface area (TPSA) is 156 Å². The van der Waals surface area contributed by atoms with Crippen LogP contribution in [0.25, 0.3) is 28.2 Å². The first kappa shape index (κ1) is 24.0. The van der Waals surface area contributed by atoms with Crippen LogP contribution in [0.3, 0.4) is 0 Å². The fourth-order valence-electron chi connectivity index (χ4n) is 3.27. The Balaban J connectivity index is 1.95. The monoisotopic (exact) mass is 531 g/mol. The molecule has 0 fully saturated rings. The molecule has 0 aliphatic rings. The van der Waals surface area contributed by atoms with Crippen LogP contribution < -0.4 is 5.76 Å². The number of benzene rings is 1. The van der Waals surface area contributed by atoms with E-state index in [1.54, 1.807) is 0 Å². The summed E-state index contributed by atoms with van der Waals surface area (Å²) in [4.78, 5) is 20.7. The van der Waals surface area contributed by atoms with Crippen LogP contribution in [0.4, 0.5) is 4.39 Å². The maximum atomic E-state index is 13.6. The van der Waals surface area contributed by atoms with Crippen molar-refractivity contribution < 1.29 is 29.9 Å². The first-order chi connectivity index (χ1) is 15.9. The van der Waals surface area contributed by atoms with E-state index >= 15 is 0 Å². The molecule has 0 radical (unpaired) electrons. The van der Waals surface area contributed by atoms with Crippen molar-refractivity contribution in [3.63, 3.8) is 0 Å². The first-order valence-corrected chi connectivity index (χ1v) is 13.4. The molecule has 0 saturated carbocycles. The van der Waals surface area contributed by atoms with E-state index < -0.39 is 31.7 Å². The van der Waals surface area contributed by atoms with Crippen molar-refractivity contribution in [3.8, 4) is 17.1 Å². The molecule has 180 valence electrons. The van der Waals surface area contributed by atoms with E-state index in [0.717, 1.165) is 27.1 Å². The minimum Gasteiger partial charge on any atom is -0.295 e. The number of hydrogen-bond donors (Lipinski definition) is 0. The summed E-state index contributed by atoms with van der Waals surface area (Å²) in [7, 11) is -7.77. The Morgan fingerprint density at radius 3 is 2.56 bits per heavy atom. The number of aromatic nitrogens is 5. The van der Waals surface area contributed by atoms with E-state index in [0.29, 0.717) is 0 Å². The van der Waals surface area contributed by atoms with Gasteiger partial charge in [0.1, 0.15) is 17.2 Å². The number of fused-ring (bicyclic) bond motifs is 1. The molecule has 4 rings (SSSR count). The normalized spacial score (nSPS) is 12.5. The molecule has 3 heterocycles. The van der Waals surface area contributed by atoms with Crippen LogP contribution in [0, 0.1) is 5.82 Å². The van der Waals surface area contributed by atoms with Gasteiger partial charge in [0.15, 0.2) is 11.5 Å². The molecule has 12 nitrogen and oxygen atoms in total. The second kappa shape index (κ2) is 8.57. The Hall–Kier alpha value is -3.14. The van der Waals surface area contributed by atoms with Crippen molar-refractivity contribution >= 4 is 42.9 Å². The van der Waals surface area contributed by atoms with Crippen molar-refractivity contribution in [2.75, 3.05) is 19.1 Å². The van der Waals surface area contributed by atoms with Crippen molar-refractivity contribution in [1.82, 2.24) is 23.7 Å². The lowest BCUT2D eigenvalue weighted by atomic mass is 10.2. The Labute approximate surface area is 196 Å². The predicted molar refractivity (Wildman–Crippen MR) is 118 cm³/mol. The molecule has 16 heteroatoms. The van der Waals surface area contributed by atoms with Crippen LogP contribution in [0.5, 0.6) is 0 Å². The van der Waals surface area contributed by atoms with Crippen LogP contribution in [0.2, 0.25) is 5.02 Å². The molecule has 0 spiro atoms. The number of imidazole rings is 1. The minimum absolute atomic E-state index is 0.0172. The molecule has 0 amide bonds. The molecule has 0 aliphatic carbocycles. The summed E-state index contributed by atoms with van der Waals surface area (Å²) in [5.41, 5.74) is 0.167. The van der Waals surface area contributed by atoms with E-state index in [-0.39, 0.29) is 52.1 Å². The molecule has 0 aliphatic heterocycles. The number of halogens is 2. The van der Waals surface area contributed by atoms with Gasteiger partial charge in [-0.25, -0.2) is 36.1 Å². The molecular formula is C18H15ClFN5O7S2. The van der Waals surface area contributed by atoms with Crippen LogP contribution in [-0.4, -0.2) is 59.6 Å². The zero-order valence-electron chi connectivity index (χ0n) is 17.5. The Bertz CT molecular complexity index is 1690. The third-order valence-corrected chi connectivity index (χ3v) is 6.48. The standard InChI is InChI=1S/C18H15ClFN5O7S2/c1-33(27,28)25-14(6-8-31-34(2,29)30)22-16-15(25)11(5-7-21-16)17-23-32-18(26)24(17)10-3-4-13(20)12(19)9-10/h3-5,7,9H,6,8H2,1-2H3. The van der Waals surface area contributed by atoms with Gasteiger partial charge in [0.2, 0.25) is 10.0 Å². The molecule has 0 atom stereocenters. The van der Waals surface area contributed by atoms with Crippen LogP contribution >= 0.6 is 11.6 Å². The quantitative estimate of drug-likeness (QED) is 0.319. The number of hydrogen-bond acceptors (Lipinski definition) is 10. The Morgan fingerprint density at radius 1 is 1.18 bits per heavy atom. The highest BCUT2D eigenvalue weighted by Crippen LogP contribution is 2.30. The zero-order chi connectivity index (χ0) is 24.8. The molecule has 0 saturated heterocycles. The largest absolute Gasteiger partial charge is 0.446 e. The van der Waals surface area contributed by atoms with Gasteiger partial charge in [0.25, 0.3) is 10.1 Å². The smallest absolute Gasteiger partial charge is 0.295 e. The van der Waals surface area contributed by atoms with Crippen LogP contribution in [0.1, 0.15) is 5.82 Å². The minimum atomic E-state index is -4.00. The lowest BCUT2D eigenvalue weighted by Crippen LogP contribution is -2.17. The maximum absolute atomic E-state index is 13.6. The summed E-state index contributed by atoms with van der Waals surface area (Å²) in [6.07, 6.45) is 2.91. The number of pyridine rings is 1. The molecule has 0 bridgehead atoms. The van der Waals surface area contributed by atoms with E-state index in [4.69, 9.17) is 20.3 Å². The summed E-state index contributed by atoms with van der Waals surface area (Å²) in [5, 5.41) is 3.50. The average molecular weight is 532 g/mol. The maximum Gasteiger partial charge on any atom is 0.446 e. The first-order valence-electron chi connectivity index (χ1n) is 9.32. The fraction of sp³-hybridized carbons (Fsp3) is 0.222. The molecular weight excluding hydrogens is 517 g/mol. The van der Waals surface area contributed by atoms with E-state index in [1.807, 2.05) is 0 Å². The van der Waals surface area contributed by atoms with Gasteiger partial charge in [-0.2, -0.15) is 8.42 Å². The SMILES string of the molecule is CS(=O)(=O)OCCc1nc2nccc(-c3noc(=O)n3-c3ccc(F)c(Cl)c3)c2n1S(C)(=O)=O. The molecule has 0 unspecified atom stereocenters. The number of rotatable bonds is 7. The summed E-state index contributed by atoms with van der Waals surface area (Å²) in [6.45, 7) is -0.365.